The highest BCUT2D eigenvalue weighted by Gasteiger charge is 2.55. The predicted molar refractivity (Wildman–Crippen MR) is 103 cm³/mol. The van der Waals surface area contributed by atoms with Crippen LogP contribution < -0.4 is 11.1 Å². The lowest BCUT2D eigenvalue weighted by molar-refractivity contribution is -0.147. The predicted octanol–water partition coefficient (Wildman–Crippen LogP) is 2.25. The van der Waals surface area contributed by atoms with Crippen LogP contribution in [0.1, 0.15) is 33.6 Å². The lowest BCUT2D eigenvalue weighted by Gasteiger charge is -2.23. The Kier molecular flexibility index (Phi) is 4.91. The van der Waals surface area contributed by atoms with Gasteiger partial charge < -0.3 is 20.9 Å². The molecule has 0 aliphatic carbocycles. The molecule has 2 amide bonds. The van der Waals surface area contributed by atoms with E-state index >= 15 is 0 Å². The average Bonchev–Trinajstić information content (AvgIpc) is 3.36. The molecule has 7 nitrogen and oxygen atoms in total. The Labute approximate surface area is 165 Å². The zero-order valence-electron chi connectivity index (χ0n) is 15.0. The van der Waals surface area contributed by atoms with Crippen molar-refractivity contribution in [2.75, 3.05) is 5.32 Å². The van der Waals surface area contributed by atoms with Gasteiger partial charge in [-0.3, -0.25) is 14.4 Å². The van der Waals surface area contributed by atoms with Crippen LogP contribution in [0, 0.1) is 11.8 Å². The number of carboxylic acid groups (broad SMARTS) is 1. The van der Waals surface area contributed by atoms with Crippen molar-refractivity contribution in [3.05, 3.63) is 52.4 Å². The number of fused-ring (bicyclic) bond motifs is 2. The summed E-state index contributed by atoms with van der Waals surface area (Å²) in [6.07, 6.45) is 1.10. The fourth-order valence-electron chi connectivity index (χ4n) is 4.12. The van der Waals surface area contributed by atoms with E-state index in [1.807, 2.05) is 30.3 Å². The summed E-state index contributed by atoms with van der Waals surface area (Å²) >= 11 is 1.28. The Morgan fingerprint density at radius 2 is 1.82 bits per heavy atom. The monoisotopic (exact) mass is 400 g/mol. The number of hydrogen-bond acceptors (Lipinski definition) is 5. The van der Waals surface area contributed by atoms with Crippen molar-refractivity contribution in [3.63, 3.8) is 0 Å². The second kappa shape index (κ2) is 7.37. The highest BCUT2D eigenvalue weighted by molar-refractivity contribution is 7.16. The van der Waals surface area contributed by atoms with Crippen molar-refractivity contribution in [1.29, 1.82) is 0 Å². The van der Waals surface area contributed by atoms with Gasteiger partial charge in [0.2, 0.25) is 5.91 Å². The van der Waals surface area contributed by atoms with Crippen molar-refractivity contribution in [3.8, 4) is 0 Å². The van der Waals surface area contributed by atoms with Gasteiger partial charge in [-0.15, -0.1) is 11.3 Å². The topological polar surface area (TPSA) is 119 Å². The molecule has 146 valence electrons. The largest absolute Gasteiger partial charge is 0.481 e. The van der Waals surface area contributed by atoms with Crippen LogP contribution in [-0.2, 0) is 20.7 Å². The molecule has 2 aliphatic rings. The first-order valence-corrected chi connectivity index (χ1v) is 9.91. The second-order valence-electron chi connectivity index (χ2n) is 7.15. The summed E-state index contributed by atoms with van der Waals surface area (Å²) in [6, 6.07) is 11.4. The lowest BCUT2D eigenvalue weighted by atomic mass is 9.79. The Hall–Kier alpha value is -2.71. The van der Waals surface area contributed by atoms with Gasteiger partial charge in [-0.25, -0.2) is 0 Å². The third-order valence-electron chi connectivity index (χ3n) is 5.37. The number of carbonyl (C=O) groups is 3. The molecule has 3 heterocycles. The summed E-state index contributed by atoms with van der Waals surface area (Å²) < 4.78 is 5.65. The molecule has 2 fully saturated rings. The molecule has 0 radical (unpaired) electrons. The summed E-state index contributed by atoms with van der Waals surface area (Å²) in [5.41, 5.74) is 6.79. The van der Waals surface area contributed by atoms with Gasteiger partial charge in [0.15, 0.2) is 0 Å². The molecule has 4 rings (SSSR count). The summed E-state index contributed by atoms with van der Waals surface area (Å²) in [6.45, 7) is 0. The van der Waals surface area contributed by atoms with Crippen LogP contribution in [0.4, 0.5) is 5.00 Å². The van der Waals surface area contributed by atoms with Gasteiger partial charge in [0.1, 0.15) is 5.00 Å². The Bertz CT molecular complexity index is 926. The van der Waals surface area contributed by atoms with E-state index < -0.39 is 41.8 Å². The quantitative estimate of drug-likeness (QED) is 0.687. The molecule has 2 bridgehead atoms. The molecule has 1 aromatic heterocycles. The Morgan fingerprint density at radius 3 is 2.46 bits per heavy atom. The minimum atomic E-state index is -1.03. The smallest absolute Gasteiger partial charge is 0.310 e. The highest BCUT2D eigenvalue weighted by atomic mass is 32.1. The first-order chi connectivity index (χ1) is 13.4. The first-order valence-electron chi connectivity index (χ1n) is 9.09. The highest BCUT2D eigenvalue weighted by Crippen LogP contribution is 2.44. The SMILES string of the molecule is NC(=O)c1cc(Cc2ccccc2)sc1NC(=O)[C@H]1[C@@H](C(=O)O)[C@@H]2CC[C@H]1O2. The molecular formula is C20H20N2O5S. The van der Waals surface area contributed by atoms with Gasteiger partial charge in [0.05, 0.1) is 29.6 Å². The van der Waals surface area contributed by atoms with E-state index in [4.69, 9.17) is 10.5 Å². The third kappa shape index (κ3) is 3.41. The standard InChI is InChI=1S/C20H20N2O5S/c21-17(23)12-9-11(8-10-4-2-1-3-5-10)28-19(12)22-18(24)15-13-6-7-14(27-13)16(15)20(25)26/h1-5,9,13-16H,6-8H2,(H2,21,23)(H,22,24)(H,25,26)/t13-,14+,15-,16+/m1/s1. The summed E-state index contributed by atoms with van der Waals surface area (Å²) in [5.74, 6) is -3.73. The van der Waals surface area contributed by atoms with Gasteiger partial charge in [-0.1, -0.05) is 30.3 Å². The number of nitrogens with two attached hydrogens (primary N) is 1. The van der Waals surface area contributed by atoms with Crippen molar-refractivity contribution >= 4 is 34.1 Å². The van der Waals surface area contributed by atoms with E-state index in [0.717, 1.165) is 10.4 Å². The fraction of sp³-hybridized carbons (Fsp3) is 0.350. The average molecular weight is 400 g/mol. The van der Waals surface area contributed by atoms with Gasteiger partial charge in [-0.05, 0) is 24.5 Å². The molecule has 0 saturated carbocycles. The van der Waals surface area contributed by atoms with Crippen molar-refractivity contribution in [1.82, 2.24) is 0 Å². The van der Waals surface area contributed by atoms with E-state index in [-0.39, 0.29) is 5.56 Å². The lowest BCUT2D eigenvalue weighted by Crippen LogP contribution is -2.41. The zero-order chi connectivity index (χ0) is 19.8. The number of aliphatic carboxylic acids is 1. The fourth-order valence-corrected chi connectivity index (χ4v) is 5.22. The number of carboxylic acids is 1. The molecule has 2 aliphatic heterocycles. The molecule has 2 aromatic rings. The molecule has 8 heteroatoms. The maximum Gasteiger partial charge on any atom is 0.310 e. The van der Waals surface area contributed by atoms with Gasteiger partial charge >= 0.3 is 5.97 Å². The van der Waals surface area contributed by atoms with Crippen LogP contribution >= 0.6 is 11.3 Å². The number of hydrogen-bond donors (Lipinski definition) is 3. The Balaban J connectivity index is 1.56. The Morgan fingerprint density at radius 1 is 1.14 bits per heavy atom. The number of rotatable bonds is 6. The maximum absolute atomic E-state index is 12.9. The summed E-state index contributed by atoms with van der Waals surface area (Å²) in [7, 11) is 0. The van der Waals surface area contributed by atoms with E-state index in [2.05, 4.69) is 5.32 Å². The molecule has 4 atom stereocenters. The number of primary amides is 1. The minimum absolute atomic E-state index is 0.236. The van der Waals surface area contributed by atoms with Crippen LogP contribution in [0.5, 0.6) is 0 Å². The number of carbonyl (C=O) groups excluding carboxylic acids is 2. The van der Waals surface area contributed by atoms with Crippen LogP contribution in [0.3, 0.4) is 0 Å². The number of nitrogens with one attached hydrogen (secondary N) is 1. The molecule has 2 saturated heterocycles. The maximum atomic E-state index is 12.9. The third-order valence-corrected chi connectivity index (χ3v) is 6.42. The number of ether oxygens (including phenoxy) is 1. The summed E-state index contributed by atoms with van der Waals surface area (Å²) in [5, 5.41) is 12.6. The second-order valence-corrected chi connectivity index (χ2v) is 8.29. The minimum Gasteiger partial charge on any atom is -0.481 e. The van der Waals surface area contributed by atoms with Crippen molar-refractivity contribution < 1.29 is 24.2 Å². The van der Waals surface area contributed by atoms with Gasteiger partial charge in [0.25, 0.3) is 5.91 Å². The number of thiophene rings is 1. The van der Waals surface area contributed by atoms with Crippen LogP contribution in [0.15, 0.2) is 36.4 Å². The van der Waals surface area contributed by atoms with Crippen LogP contribution in [-0.4, -0.2) is 35.1 Å². The van der Waals surface area contributed by atoms with Gasteiger partial charge in [0, 0.05) is 11.3 Å². The molecule has 0 unspecified atom stereocenters. The summed E-state index contributed by atoms with van der Waals surface area (Å²) in [4.78, 5) is 37.2. The van der Waals surface area contributed by atoms with E-state index in [9.17, 15) is 19.5 Å². The number of amides is 2. The molecular weight excluding hydrogens is 380 g/mol. The van der Waals surface area contributed by atoms with Crippen molar-refractivity contribution in [2.24, 2.45) is 17.6 Å². The zero-order valence-corrected chi connectivity index (χ0v) is 15.8. The first kappa shape index (κ1) is 18.6. The number of anilines is 1. The van der Waals surface area contributed by atoms with Crippen molar-refractivity contribution in [2.45, 2.75) is 31.5 Å². The van der Waals surface area contributed by atoms with E-state index in [1.54, 1.807) is 6.07 Å². The molecule has 4 N–H and O–H groups in total. The molecule has 1 aromatic carbocycles. The number of benzene rings is 1. The van der Waals surface area contributed by atoms with E-state index in [1.165, 1.54) is 11.3 Å². The molecule has 0 spiro atoms. The normalized spacial score (nSPS) is 25.6. The van der Waals surface area contributed by atoms with Crippen LogP contribution in [0.25, 0.3) is 0 Å². The van der Waals surface area contributed by atoms with Gasteiger partial charge in [-0.2, -0.15) is 0 Å². The van der Waals surface area contributed by atoms with E-state index in [0.29, 0.717) is 24.3 Å². The molecule has 28 heavy (non-hydrogen) atoms. The van der Waals surface area contributed by atoms with Crippen LogP contribution in [0.2, 0.25) is 0 Å².